The zero-order valence-electron chi connectivity index (χ0n) is 22.6. The number of Topliss-reactive ketones (excluding diaryl/α,β-unsaturated/α-hetero) is 2. The van der Waals surface area contributed by atoms with Crippen LogP contribution in [0.15, 0.2) is 60.8 Å². The second kappa shape index (κ2) is 11.1. The zero-order chi connectivity index (χ0) is 28.4. The van der Waals surface area contributed by atoms with Gasteiger partial charge in [0.15, 0.2) is 23.1 Å². The van der Waals surface area contributed by atoms with Gasteiger partial charge in [0.05, 0.1) is 32.3 Å². The van der Waals surface area contributed by atoms with E-state index in [0.717, 1.165) is 16.5 Å². The molecule has 1 heterocycles. The van der Waals surface area contributed by atoms with E-state index in [0.29, 0.717) is 45.3 Å². The second-order valence-electron chi connectivity index (χ2n) is 9.37. The topological polar surface area (TPSA) is 113 Å². The highest BCUT2D eigenvalue weighted by atomic mass is 16.5. The Bertz CT molecular complexity index is 1610. The highest BCUT2D eigenvalue weighted by Gasteiger charge is 2.37. The molecule has 0 aliphatic heterocycles. The highest BCUT2D eigenvalue weighted by Crippen LogP contribution is 2.38. The van der Waals surface area contributed by atoms with Crippen LogP contribution in [0.2, 0.25) is 0 Å². The third kappa shape index (κ3) is 4.93. The normalized spacial score (nSPS) is 12.8. The fourth-order valence-corrected chi connectivity index (χ4v) is 4.78. The van der Waals surface area contributed by atoms with Gasteiger partial charge < -0.3 is 18.9 Å². The first kappa shape index (κ1) is 26.7. The summed E-state index contributed by atoms with van der Waals surface area (Å²) in [6, 6.07) is 15.6. The number of carbonyl (C=O) groups excluding carboxylic acids is 3. The SMILES string of the molecule is COc1cc2nccc(Oc3ccc(NC(=O)OCCC4C(=O)c5ccccc5C4=O)c(C)c3C)c2cc1OC. The summed E-state index contributed by atoms with van der Waals surface area (Å²) in [6.45, 7) is 3.69. The Hall–Kier alpha value is -4.92. The number of ketones is 2. The number of amides is 1. The number of hydrogen-bond acceptors (Lipinski definition) is 8. The third-order valence-electron chi connectivity index (χ3n) is 7.13. The number of rotatable bonds is 8. The minimum atomic E-state index is -0.823. The maximum atomic E-state index is 12.5. The van der Waals surface area contributed by atoms with Crippen molar-refractivity contribution in [2.45, 2.75) is 20.3 Å². The van der Waals surface area contributed by atoms with Gasteiger partial charge in [-0.2, -0.15) is 0 Å². The van der Waals surface area contributed by atoms with E-state index >= 15 is 0 Å². The third-order valence-corrected chi connectivity index (χ3v) is 7.13. The number of methoxy groups -OCH3 is 2. The standard InChI is InChI=1S/C31H28N2O7/c1-17-18(2)25(40-26-11-13-32-24-16-28(38-4)27(37-3)15-22(24)26)10-9-23(17)33-31(36)39-14-12-21-29(34)19-7-5-6-8-20(19)30(21)35/h5-11,13,15-16,21H,12,14H2,1-4H3,(H,33,36). The summed E-state index contributed by atoms with van der Waals surface area (Å²) in [5, 5.41) is 3.49. The Balaban J connectivity index is 1.24. The van der Waals surface area contributed by atoms with Crippen molar-refractivity contribution in [3.05, 3.63) is 83.0 Å². The predicted molar refractivity (Wildman–Crippen MR) is 149 cm³/mol. The van der Waals surface area contributed by atoms with Crippen molar-refractivity contribution in [3.8, 4) is 23.0 Å². The number of carbonyl (C=O) groups is 3. The summed E-state index contributed by atoms with van der Waals surface area (Å²) in [7, 11) is 3.13. The minimum absolute atomic E-state index is 0.0649. The van der Waals surface area contributed by atoms with Gasteiger partial charge in [-0.25, -0.2) is 4.79 Å². The second-order valence-corrected chi connectivity index (χ2v) is 9.37. The van der Waals surface area contributed by atoms with Crippen molar-refractivity contribution >= 4 is 34.3 Å². The molecule has 3 aromatic carbocycles. The Morgan fingerprint density at radius 1 is 0.850 bits per heavy atom. The van der Waals surface area contributed by atoms with Crippen molar-refractivity contribution in [1.82, 2.24) is 4.98 Å². The molecule has 0 atom stereocenters. The van der Waals surface area contributed by atoms with E-state index in [2.05, 4.69) is 10.3 Å². The van der Waals surface area contributed by atoms with Crippen molar-refractivity contribution < 1.29 is 33.3 Å². The quantitative estimate of drug-likeness (QED) is 0.259. The molecule has 204 valence electrons. The largest absolute Gasteiger partial charge is 0.493 e. The molecule has 1 amide bonds. The molecule has 0 unspecified atom stereocenters. The minimum Gasteiger partial charge on any atom is -0.493 e. The van der Waals surface area contributed by atoms with Crippen molar-refractivity contribution in [1.29, 1.82) is 0 Å². The van der Waals surface area contributed by atoms with Gasteiger partial charge in [0.1, 0.15) is 11.5 Å². The lowest BCUT2D eigenvalue weighted by Crippen LogP contribution is -2.21. The molecule has 40 heavy (non-hydrogen) atoms. The molecule has 0 bridgehead atoms. The molecule has 0 saturated heterocycles. The molecule has 0 radical (unpaired) electrons. The molecular formula is C31H28N2O7. The van der Waals surface area contributed by atoms with Crippen LogP contribution in [0.1, 0.15) is 38.3 Å². The van der Waals surface area contributed by atoms with E-state index < -0.39 is 12.0 Å². The number of aromatic nitrogens is 1. The number of benzene rings is 3. The molecule has 4 aromatic rings. The number of ether oxygens (including phenoxy) is 4. The van der Waals surface area contributed by atoms with Gasteiger partial charge in [0.25, 0.3) is 0 Å². The first-order valence-electron chi connectivity index (χ1n) is 12.7. The van der Waals surface area contributed by atoms with Crippen LogP contribution in [-0.2, 0) is 4.74 Å². The summed E-state index contributed by atoms with van der Waals surface area (Å²) in [6.07, 6.45) is 1.11. The van der Waals surface area contributed by atoms with Crippen molar-refractivity contribution in [2.24, 2.45) is 5.92 Å². The number of pyridine rings is 1. The highest BCUT2D eigenvalue weighted by molar-refractivity contribution is 6.26. The Labute approximate surface area is 231 Å². The van der Waals surface area contributed by atoms with Crippen molar-refractivity contribution in [3.63, 3.8) is 0 Å². The molecular weight excluding hydrogens is 512 g/mol. The lowest BCUT2D eigenvalue weighted by Gasteiger charge is -2.16. The van der Waals surface area contributed by atoms with E-state index in [9.17, 15) is 14.4 Å². The Kier molecular flexibility index (Phi) is 7.37. The lowest BCUT2D eigenvalue weighted by atomic mass is 10.0. The van der Waals surface area contributed by atoms with Crippen LogP contribution in [0.25, 0.3) is 10.9 Å². The van der Waals surface area contributed by atoms with Crippen LogP contribution < -0.4 is 19.5 Å². The van der Waals surface area contributed by atoms with Crippen LogP contribution in [0, 0.1) is 19.8 Å². The van der Waals surface area contributed by atoms with Gasteiger partial charge in [0, 0.05) is 34.5 Å². The summed E-state index contributed by atoms with van der Waals surface area (Å²) in [5.41, 5.74) is 3.71. The van der Waals surface area contributed by atoms with Crippen LogP contribution in [0.5, 0.6) is 23.0 Å². The number of fused-ring (bicyclic) bond motifs is 2. The van der Waals surface area contributed by atoms with Gasteiger partial charge >= 0.3 is 6.09 Å². The fraction of sp³-hybridized carbons (Fsp3) is 0.226. The summed E-state index contributed by atoms with van der Waals surface area (Å²) < 4.78 is 22.4. The zero-order valence-corrected chi connectivity index (χ0v) is 22.6. The van der Waals surface area contributed by atoms with E-state index in [-0.39, 0.29) is 24.6 Å². The van der Waals surface area contributed by atoms with E-state index in [1.54, 1.807) is 68.9 Å². The summed E-state index contributed by atoms with van der Waals surface area (Å²) >= 11 is 0. The van der Waals surface area contributed by atoms with Gasteiger partial charge in [0.2, 0.25) is 0 Å². The molecule has 1 aliphatic carbocycles. The molecule has 0 spiro atoms. The number of anilines is 1. The fourth-order valence-electron chi connectivity index (χ4n) is 4.78. The Morgan fingerprint density at radius 3 is 2.20 bits per heavy atom. The monoisotopic (exact) mass is 540 g/mol. The molecule has 5 rings (SSSR count). The first-order chi connectivity index (χ1) is 19.3. The molecule has 9 nitrogen and oxygen atoms in total. The number of nitrogens with one attached hydrogen (secondary N) is 1. The van der Waals surface area contributed by atoms with Gasteiger partial charge in [-0.15, -0.1) is 0 Å². The van der Waals surface area contributed by atoms with Gasteiger partial charge in [-0.1, -0.05) is 24.3 Å². The Morgan fingerprint density at radius 2 is 1.52 bits per heavy atom. The average Bonchev–Trinajstić information content (AvgIpc) is 3.21. The van der Waals surface area contributed by atoms with Crippen LogP contribution in [0.3, 0.4) is 0 Å². The van der Waals surface area contributed by atoms with Gasteiger partial charge in [-0.05, 0) is 55.7 Å². The van der Waals surface area contributed by atoms with Gasteiger partial charge in [-0.3, -0.25) is 19.9 Å². The summed E-state index contributed by atoms with van der Waals surface area (Å²) in [5.74, 6) is 1.04. The lowest BCUT2D eigenvalue weighted by molar-refractivity contribution is 0.0799. The number of nitrogens with zero attached hydrogens (tertiary/aromatic N) is 1. The molecule has 1 N–H and O–H groups in total. The average molecular weight is 541 g/mol. The molecule has 0 fully saturated rings. The van der Waals surface area contributed by atoms with E-state index in [4.69, 9.17) is 18.9 Å². The summed E-state index contributed by atoms with van der Waals surface area (Å²) in [4.78, 5) is 42.0. The molecule has 1 aromatic heterocycles. The maximum Gasteiger partial charge on any atom is 0.411 e. The number of hydrogen-bond donors (Lipinski definition) is 1. The molecule has 9 heteroatoms. The smallest absolute Gasteiger partial charge is 0.411 e. The molecule has 0 saturated carbocycles. The first-order valence-corrected chi connectivity index (χ1v) is 12.7. The molecule has 1 aliphatic rings. The van der Waals surface area contributed by atoms with Crippen LogP contribution >= 0.6 is 0 Å². The van der Waals surface area contributed by atoms with Crippen molar-refractivity contribution in [2.75, 3.05) is 26.1 Å². The van der Waals surface area contributed by atoms with Crippen LogP contribution in [0.4, 0.5) is 10.5 Å². The van der Waals surface area contributed by atoms with E-state index in [1.807, 2.05) is 19.9 Å². The maximum absolute atomic E-state index is 12.5. The van der Waals surface area contributed by atoms with Crippen LogP contribution in [-0.4, -0.2) is 43.5 Å². The van der Waals surface area contributed by atoms with E-state index in [1.165, 1.54) is 0 Å². The predicted octanol–water partition coefficient (Wildman–Crippen LogP) is 6.30.